The van der Waals surface area contributed by atoms with E-state index in [0.29, 0.717) is 30.9 Å². The zero-order chi connectivity index (χ0) is 14.8. The molecule has 0 unspecified atom stereocenters. The Morgan fingerprint density at radius 2 is 2.30 bits per heavy atom. The van der Waals surface area contributed by atoms with Gasteiger partial charge in [-0.1, -0.05) is 33.3 Å². The zero-order valence-electron chi connectivity index (χ0n) is 12.7. The number of aromatic nitrogens is 1. The molecule has 0 spiro atoms. The first-order chi connectivity index (χ1) is 9.63. The molecular formula is C15H26N4O. The molecule has 1 aromatic heterocycles. The summed E-state index contributed by atoms with van der Waals surface area (Å²) in [6.45, 7) is 8.37. The van der Waals surface area contributed by atoms with Gasteiger partial charge in [-0.05, 0) is 18.4 Å². The van der Waals surface area contributed by atoms with Crippen molar-refractivity contribution in [1.29, 1.82) is 0 Å². The fourth-order valence-corrected chi connectivity index (χ4v) is 1.52. The summed E-state index contributed by atoms with van der Waals surface area (Å²) >= 11 is 0. The predicted octanol–water partition coefficient (Wildman–Crippen LogP) is 2.32. The molecule has 5 nitrogen and oxygen atoms in total. The van der Waals surface area contributed by atoms with E-state index in [1.807, 2.05) is 12.1 Å². The molecule has 5 heteroatoms. The number of nitrogens with zero attached hydrogens (tertiary/aromatic N) is 2. The molecule has 1 heterocycles. The van der Waals surface area contributed by atoms with Crippen molar-refractivity contribution < 1.29 is 4.74 Å². The number of hydrogen-bond acceptors (Lipinski definition) is 3. The topological polar surface area (TPSA) is 72.5 Å². The molecule has 0 aliphatic carbocycles. The van der Waals surface area contributed by atoms with Crippen LogP contribution in [0.2, 0.25) is 0 Å². The number of nitrogens with one attached hydrogen (secondary N) is 1. The molecule has 0 aromatic carbocycles. The molecule has 1 aromatic rings. The summed E-state index contributed by atoms with van der Waals surface area (Å²) in [4.78, 5) is 8.57. The molecule has 0 bridgehead atoms. The van der Waals surface area contributed by atoms with E-state index in [1.165, 1.54) is 0 Å². The molecule has 0 atom stereocenters. The van der Waals surface area contributed by atoms with Gasteiger partial charge in [-0.3, -0.25) is 0 Å². The Bertz CT molecular complexity index is 418. The van der Waals surface area contributed by atoms with Crippen molar-refractivity contribution in [2.24, 2.45) is 16.6 Å². The second kappa shape index (κ2) is 9.18. The molecule has 0 amide bonds. The molecule has 3 N–H and O–H groups in total. The van der Waals surface area contributed by atoms with E-state index < -0.39 is 0 Å². The Kier molecular flexibility index (Phi) is 7.47. The highest BCUT2D eigenvalue weighted by Crippen LogP contribution is 2.15. The molecule has 0 aliphatic rings. The molecule has 0 saturated carbocycles. The number of nitrogens with two attached hydrogens (primary N) is 1. The van der Waals surface area contributed by atoms with Crippen LogP contribution in [0.25, 0.3) is 0 Å². The quantitative estimate of drug-likeness (QED) is 0.435. The van der Waals surface area contributed by atoms with Gasteiger partial charge in [0.1, 0.15) is 0 Å². The maximum Gasteiger partial charge on any atom is 0.218 e. The highest BCUT2D eigenvalue weighted by molar-refractivity contribution is 5.77. The minimum absolute atomic E-state index is 0.460. The Hall–Kier alpha value is -1.78. The summed E-state index contributed by atoms with van der Waals surface area (Å²) in [6.07, 6.45) is 3.86. The van der Waals surface area contributed by atoms with Crippen LogP contribution in [-0.4, -0.2) is 24.1 Å². The molecule has 20 heavy (non-hydrogen) atoms. The molecule has 0 aliphatic heterocycles. The second-order valence-corrected chi connectivity index (χ2v) is 5.15. The molecular weight excluding hydrogens is 252 g/mol. The average molecular weight is 278 g/mol. The lowest BCUT2D eigenvalue weighted by Gasteiger charge is -2.10. The third-order valence-corrected chi connectivity index (χ3v) is 2.70. The van der Waals surface area contributed by atoms with E-state index in [4.69, 9.17) is 10.5 Å². The predicted molar refractivity (Wildman–Crippen MR) is 82.8 cm³/mol. The summed E-state index contributed by atoms with van der Waals surface area (Å²) in [5.74, 6) is 1.65. The maximum absolute atomic E-state index is 5.82. The van der Waals surface area contributed by atoms with Crippen molar-refractivity contribution >= 4 is 5.96 Å². The lowest BCUT2D eigenvalue weighted by atomic mass is 10.2. The smallest absolute Gasteiger partial charge is 0.218 e. The van der Waals surface area contributed by atoms with Crippen molar-refractivity contribution in [3.05, 3.63) is 23.9 Å². The van der Waals surface area contributed by atoms with Crippen LogP contribution in [0, 0.1) is 5.92 Å². The lowest BCUT2D eigenvalue weighted by Crippen LogP contribution is -2.34. The third-order valence-electron chi connectivity index (χ3n) is 2.70. The van der Waals surface area contributed by atoms with E-state index in [2.05, 4.69) is 36.1 Å². The van der Waals surface area contributed by atoms with Crippen LogP contribution in [0.3, 0.4) is 0 Å². The summed E-state index contributed by atoms with van der Waals surface area (Å²) in [6, 6.07) is 3.85. The maximum atomic E-state index is 5.82. The summed E-state index contributed by atoms with van der Waals surface area (Å²) in [5.41, 5.74) is 6.78. The Morgan fingerprint density at radius 3 is 3.00 bits per heavy atom. The normalized spacial score (nSPS) is 11.7. The van der Waals surface area contributed by atoms with Crippen LogP contribution in [0.1, 0.15) is 39.2 Å². The summed E-state index contributed by atoms with van der Waals surface area (Å²) in [5, 5.41) is 3.09. The second-order valence-electron chi connectivity index (χ2n) is 5.15. The number of ether oxygens (including phenoxy) is 1. The van der Waals surface area contributed by atoms with Gasteiger partial charge >= 0.3 is 0 Å². The van der Waals surface area contributed by atoms with Crippen molar-refractivity contribution in [1.82, 2.24) is 10.3 Å². The van der Waals surface area contributed by atoms with Gasteiger partial charge in [0, 0.05) is 18.3 Å². The molecule has 1 rings (SSSR count). The van der Waals surface area contributed by atoms with Gasteiger partial charge in [0.15, 0.2) is 5.96 Å². The van der Waals surface area contributed by atoms with Crippen LogP contribution in [0.4, 0.5) is 0 Å². The number of pyridine rings is 1. The number of rotatable bonds is 8. The molecule has 0 radical (unpaired) electrons. The minimum Gasteiger partial charge on any atom is -0.477 e. The number of guanidine groups is 1. The van der Waals surface area contributed by atoms with Crippen molar-refractivity contribution in [2.45, 2.75) is 40.2 Å². The van der Waals surface area contributed by atoms with Crippen LogP contribution in [0.5, 0.6) is 5.88 Å². The molecule has 112 valence electrons. The van der Waals surface area contributed by atoms with Gasteiger partial charge in [0.05, 0.1) is 13.2 Å². The van der Waals surface area contributed by atoms with E-state index in [1.54, 1.807) is 6.20 Å². The van der Waals surface area contributed by atoms with E-state index in [0.717, 1.165) is 24.9 Å². The monoisotopic (exact) mass is 278 g/mol. The Balaban J connectivity index is 2.55. The van der Waals surface area contributed by atoms with Crippen LogP contribution < -0.4 is 15.8 Å². The third kappa shape index (κ3) is 6.41. The highest BCUT2D eigenvalue weighted by Gasteiger charge is 2.04. The Labute approximate surface area is 121 Å². The first kappa shape index (κ1) is 16.3. The number of unbranched alkanes of at least 4 members (excludes halogenated alkanes) is 1. The fourth-order valence-electron chi connectivity index (χ4n) is 1.52. The van der Waals surface area contributed by atoms with E-state index in [-0.39, 0.29) is 0 Å². The van der Waals surface area contributed by atoms with Gasteiger partial charge < -0.3 is 15.8 Å². The van der Waals surface area contributed by atoms with Gasteiger partial charge in [0.2, 0.25) is 5.88 Å². The SMILES string of the molecule is CCCCOc1ncccc1CN=C(N)NCC(C)C. The lowest BCUT2D eigenvalue weighted by molar-refractivity contribution is 0.294. The van der Waals surface area contributed by atoms with Crippen LogP contribution in [-0.2, 0) is 6.54 Å². The average Bonchev–Trinajstić information content (AvgIpc) is 2.44. The molecule has 0 saturated heterocycles. The zero-order valence-corrected chi connectivity index (χ0v) is 12.7. The van der Waals surface area contributed by atoms with Gasteiger partial charge in [-0.15, -0.1) is 0 Å². The van der Waals surface area contributed by atoms with Crippen LogP contribution >= 0.6 is 0 Å². The number of aliphatic imine (C=N–C) groups is 1. The van der Waals surface area contributed by atoms with Gasteiger partial charge in [-0.25, -0.2) is 9.98 Å². The largest absolute Gasteiger partial charge is 0.477 e. The first-order valence-electron chi connectivity index (χ1n) is 7.24. The highest BCUT2D eigenvalue weighted by atomic mass is 16.5. The summed E-state index contributed by atoms with van der Waals surface area (Å²) in [7, 11) is 0. The fraction of sp³-hybridized carbons (Fsp3) is 0.600. The number of hydrogen-bond donors (Lipinski definition) is 2. The Morgan fingerprint density at radius 1 is 1.50 bits per heavy atom. The minimum atomic E-state index is 0.460. The van der Waals surface area contributed by atoms with E-state index in [9.17, 15) is 0 Å². The van der Waals surface area contributed by atoms with E-state index >= 15 is 0 Å². The van der Waals surface area contributed by atoms with Gasteiger partial charge in [0.25, 0.3) is 0 Å². The first-order valence-corrected chi connectivity index (χ1v) is 7.24. The van der Waals surface area contributed by atoms with Crippen molar-refractivity contribution in [2.75, 3.05) is 13.2 Å². The standard InChI is InChI=1S/C15H26N4O/c1-4-5-9-20-14-13(7-6-8-17-14)11-19-15(16)18-10-12(2)3/h6-8,12H,4-5,9-11H2,1-3H3,(H3,16,18,19). The van der Waals surface area contributed by atoms with Crippen LogP contribution in [0.15, 0.2) is 23.3 Å². The van der Waals surface area contributed by atoms with Gasteiger partial charge in [-0.2, -0.15) is 0 Å². The molecule has 0 fully saturated rings. The van der Waals surface area contributed by atoms with Crippen molar-refractivity contribution in [3.63, 3.8) is 0 Å². The van der Waals surface area contributed by atoms with Crippen molar-refractivity contribution in [3.8, 4) is 5.88 Å². The summed E-state index contributed by atoms with van der Waals surface area (Å²) < 4.78 is 5.67.